The van der Waals surface area contributed by atoms with Crippen molar-refractivity contribution in [3.8, 4) is 17.2 Å². The number of guanidine groups is 1. The third kappa shape index (κ3) is 6.47. The van der Waals surface area contributed by atoms with Crippen LogP contribution in [0.3, 0.4) is 0 Å². The Hall–Kier alpha value is -2.16. The van der Waals surface area contributed by atoms with Gasteiger partial charge >= 0.3 is 0 Å². The molecule has 7 heteroatoms. The van der Waals surface area contributed by atoms with Crippen LogP contribution >= 0.6 is 24.0 Å². The number of ether oxygens (including phenoxy) is 3. The quantitative estimate of drug-likeness (QED) is 0.342. The molecule has 28 heavy (non-hydrogen) atoms. The molecular formula is C21H30IN3O3. The molecule has 1 N–H and O–H groups in total. The number of methoxy groups -OCH3 is 3. The molecule has 2 aromatic rings. The molecule has 0 aliphatic heterocycles. The minimum Gasteiger partial charge on any atom is -0.496 e. The van der Waals surface area contributed by atoms with E-state index in [0.29, 0.717) is 12.3 Å². The smallest absolute Gasteiger partial charge is 0.193 e. The Bertz CT molecular complexity index is 729. The number of hydrogen-bond donors (Lipinski definition) is 1. The number of hydrogen-bond acceptors (Lipinski definition) is 4. The highest BCUT2D eigenvalue weighted by Gasteiger charge is 2.14. The summed E-state index contributed by atoms with van der Waals surface area (Å²) in [7, 11) is 8.74. The van der Waals surface area contributed by atoms with Crippen molar-refractivity contribution in [2.24, 2.45) is 4.99 Å². The van der Waals surface area contributed by atoms with E-state index in [1.54, 1.807) is 28.4 Å². The van der Waals surface area contributed by atoms with Crippen LogP contribution in [0.25, 0.3) is 0 Å². The van der Waals surface area contributed by atoms with Gasteiger partial charge in [-0.2, -0.15) is 0 Å². The van der Waals surface area contributed by atoms with E-state index in [9.17, 15) is 0 Å². The molecule has 6 nitrogen and oxygen atoms in total. The van der Waals surface area contributed by atoms with Crippen molar-refractivity contribution >= 4 is 29.9 Å². The summed E-state index contributed by atoms with van der Waals surface area (Å²) in [6, 6.07) is 14.1. The van der Waals surface area contributed by atoms with Gasteiger partial charge in [0.2, 0.25) is 0 Å². The van der Waals surface area contributed by atoms with Crippen LogP contribution in [0.1, 0.15) is 11.1 Å². The average Bonchev–Trinajstić information content (AvgIpc) is 2.71. The second-order valence-corrected chi connectivity index (χ2v) is 6.08. The van der Waals surface area contributed by atoms with Crippen molar-refractivity contribution in [3.63, 3.8) is 0 Å². The van der Waals surface area contributed by atoms with Crippen LogP contribution in [-0.2, 0) is 13.0 Å². The molecule has 154 valence electrons. The predicted octanol–water partition coefficient (Wildman–Crippen LogP) is 3.58. The molecular weight excluding hydrogens is 469 g/mol. The summed E-state index contributed by atoms with van der Waals surface area (Å²) in [5.74, 6) is 3.05. The van der Waals surface area contributed by atoms with E-state index in [4.69, 9.17) is 14.2 Å². The Balaban J connectivity index is 0.00000392. The second-order valence-electron chi connectivity index (χ2n) is 6.08. The van der Waals surface area contributed by atoms with Gasteiger partial charge in [0.1, 0.15) is 17.2 Å². The topological polar surface area (TPSA) is 55.3 Å². The Labute approximate surface area is 184 Å². The lowest BCUT2D eigenvalue weighted by atomic mass is 10.1. The maximum absolute atomic E-state index is 5.51. The first kappa shape index (κ1) is 23.9. The lowest BCUT2D eigenvalue weighted by Crippen LogP contribution is -2.39. The lowest BCUT2D eigenvalue weighted by molar-refractivity contribution is 0.368. The van der Waals surface area contributed by atoms with E-state index < -0.39 is 0 Å². The monoisotopic (exact) mass is 499 g/mol. The fourth-order valence-corrected chi connectivity index (χ4v) is 2.94. The van der Waals surface area contributed by atoms with E-state index in [2.05, 4.69) is 27.3 Å². The van der Waals surface area contributed by atoms with Crippen LogP contribution in [0.5, 0.6) is 17.2 Å². The highest BCUT2D eigenvalue weighted by molar-refractivity contribution is 14.0. The van der Waals surface area contributed by atoms with Gasteiger partial charge in [0.05, 0.1) is 21.3 Å². The van der Waals surface area contributed by atoms with E-state index in [1.807, 2.05) is 37.4 Å². The van der Waals surface area contributed by atoms with Crippen LogP contribution in [0.15, 0.2) is 47.5 Å². The largest absolute Gasteiger partial charge is 0.496 e. The van der Waals surface area contributed by atoms with Crippen molar-refractivity contribution in [2.45, 2.75) is 13.0 Å². The highest BCUT2D eigenvalue weighted by Crippen LogP contribution is 2.34. The highest BCUT2D eigenvalue weighted by atomic mass is 127. The van der Waals surface area contributed by atoms with Gasteiger partial charge in [-0.3, -0.25) is 4.99 Å². The molecule has 0 bridgehead atoms. The maximum atomic E-state index is 5.51. The van der Waals surface area contributed by atoms with E-state index >= 15 is 0 Å². The SMILES string of the molecule is CN=C(NCCc1c(OC)cc(OC)cc1OC)N(C)Cc1ccccc1.I. The molecule has 0 aliphatic carbocycles. The Kier molecular flexibility index (Phi) is 10.5. The first-order chi connectivity index (χ1) is 13.1. The van der Waals surface area contributed by atoms with Gasteiger partial charge in [0.25, 0.3) is 0 Å². The van der Waals surface area contributed by atoms with Crippen LogP contribution in [0.4, 0.5) is 0 Å². The van der Waals surface area contributed by atoms with E-state index in [0.717, 1.165) is 36.0 Å². The molecule has 2 aromatic carbocycles. The van der Waals surface area contributed by atoms with Crippen LogP contribution < -0.4 is 19.5 Å². The van der Waals surface area contributed by atoms with Crippen molar-refractivity contribution in [3.05, 3.63) is 53.6 Å². The fourth-order valence-electron chi connectivity index (χ4n) is 2.94. The zero-order valence-electron chi connectivity index (χ0n) is 17.2. The van der Waals surface area contributed by atoms with E-state index in [-0.39, 0.29) is 24.0 Å². The maximum Gasteiger partial charge on any atom is 0.193 e. The summed E-state index contributed by atoms with van der Waals surface area (Å²) in [5, 5.41) is 3.40. The van der Waals surface area contributed by atoms with Gasteiger partial charge < -0.3 is 24.4 Å². The minimum atomic E-state index is 0. The van der Waals surface area contributed by atoms with Crippen LogP contribution in [0.2, 0.25) is 0 Å². The third-order valence-corrected chi connectivity index (χ3v) is 4.31. The van der Waals surface area contributed by atoms with E-state index in [1.165, 1.54) is 5.56 Å². The number of nitrogens with zero attached hydrogens (tertiary/aromatic N) is 2. The second kappa shape index (κ2) is 12.3. The molecule has 0 saturated carbocycles. The minimum absolute atomic E-state index is 0. The first-order valence-electron chi connectivity index (χ1n) is 8.87. The molecule has 2 rings (SSSR count). The Morgan fingerprint density at radius 2 is 1.61 bits per heavy atom. The molecule has 0 saturated heterocycles. The van der Waals surface area contributed by atoms with Crippen molar-refractivity contribution < 1.29 is 14.2 Å². The molecule has 0 aliphatic rings. The molecule has 0 unspecified atom stereocenters. The summed E-state index contributed by atoms with van der Waals surface area (Å²) < 4.78 is 16.3. The van der Waals surface area contributed by atoms with Crippen molar-refractivity contribution in [1.82, 2.24) is 10.2 Å². The molecule has 0 atom stereocenters. The predicted molar refractivity (Wildman–Crippen MR) is 124 cm³/mol. The van der Waals surface area contributed by atoms with Gasteiger partial charge in [-0.15, -0.1) is 24.0 Å². The van der Waals surface area contributed by atoms with Gasteiger partial charge in [0, 0.05) is 44.9 Å². The molecule has 0 aromatic heterocycles. The van der Waals surface area contributed by atoms with Gasteiger partial charge in [0.15, 0.2) is 5.96 Å². The average molecular weight is 499 g/mol. The molecule has 0 radical (unpaired) electrons. The van der Waals surface area contributed by atoms with Crippen LogP contribution in [0, 0.1) is 0 Å². The van der Waals surface area contributed by atoms with Gasteiger partial charge in [-0.1, -0.05) is 30.3 Å². The third-order valence-electron chi connectivity index (χ3n) is 4.31. The van der Waals surface area contributed by atoms with Crippen molar-refractivity contribution in [2.75, 3.05) is 42.0 Å². The fraction of sp³-hybridized carbons (Fsp3) is 0.381. The first-order valence-corrected chi connectivity index (χ1v) is 8.87. The van der Waals surface area contributed by atoms with Gasteiger partial charge in [-0.05, 0) is 12.0 Å². The lowest BCUT2D eigenvalue weighted by Gasteiger charge is -2.22. The Morgan fingerprint density at radius 1 is 1.00 bits per heavy atom. The number of rotatable bonds is 8. The summed E-state index contributed by atoms with van der Waals surface area (Å²) >= 11 is 0. The molecule has 0 amide bonds. The van der Waals surface area contributed by atoms with Crippen molar-refractivity contribution in [1.29, 1.82) is 0 Å². The number of benzene rings is 2. The number of halogens is 1. The van der Waals surface area contributed by atoms with Gasteiger partial charge in [-0.25, -0.2) is 0 Å². The number of nitrogens with one attached hydrogen (secondary N) is 1. The number of aliphatic imine (C=N–C) groups is 1. The summed E-state index contributed by atoms with van der Waals surface area (Å²) in [4.78, 5) is 6.47. The standard InChI is InChI=1S/C21H29N3O3.HI/c1-22-21(24(2)15-16-9-7-6-8-10-16)23-12-11-18-19(26-4)13-17(25-3)14-20(18)27-5;/h6-10,13-14H,11-12,15H2,1-5H3,(H,22,23);1H. The Morgan fingerprint density at radius 3 is 2.11 bits per heavy atom. The normalized spacial score (nSPS) is 10.7. The zero-order valence-corrected chi connectivity index (χ0v) is 19.5. The summed E-state index contributed by atoms with van der Waals surface area (Å²) in [6.45, 7) is 1.49. The summed E-state index contributed by atoms with van der Waals surface area (Å²) in [5.41, 5.74) is 2.23. The molecule has 0 fully saturated rings. The summed E-state index contributed by atoms with van der Waals surface area (Å²) in [6.07, 6.45) is 0.731. The molecule has 0 spiro atoms. The zero-order chi connectivity index (χ0) is 19.6. The van der Waals surface area contributed by atoms with Crippen LogP contribution in [-0.4, -0.2) is 52.8 Å². The molecule has 0 heterocycles.